The second-order valence-corrected chi connectivity index (χ2v) is 5.86. The monoisotopic (exact) mass is 196 g/mol. The summed E-state index contributed by atoms with van der Waals surface area (Å²) in [6, 6.07) is 0. The molecule has 0 heteroatoms. The molecule has 1 aliphatic carbocycles. The van der Waals surface area contributed by atoms with Gasteiger partial charge >= 0.3 is 0 Å². The van der Waals surface area contributed by atoms with Crippen molar-refractivity contribution in [2.45, 2.75) is 66.2 Å². The van der Waals surface area contributed by atoms with E-state index in [1.54, 1.807) is 6.42 Å². The van der Waals surface area contributed by atoms with Crippen LogP contribution in [0.2, 0.25) is 0 Å². The van der Waals surface area contributed by atoms with E-state index in [-0.39, 0.29) is 0 Å². The second-order valence-electron chi connectivity index (χ2n) is 5.86. The van der Waals surface area contributed by atoms with Crippen molar-refractivity contribution in [3.8, 4) is 0 Å². The van der Waals surface area contributed by atoms with E-state index in [9.17, 15) is 0 Å². The Hall–Kier alpha value is 0. The largest absolute Gasteiger partial charge is 0.0654 e. The maximum absolute atomic E-state index is 2.43. The van der Waals surface area contributed by atoms with Crippen molar-refractivity contribution in [1.29, 1.82) is 0 Å². The fourth-order valence-corrected chi connectivity index (χ4v) is 2.63. The van der Waals surface area contributed by atoms with Gasteiger partial charge in [0.15, 0.2) is 0 Å². The van der Waals surface area contributed by atoms with Crippen molar-refractivity contribution < 1.29 is 0 Å². The molecule has 3 unspecified atom stereocenters. The summed E-state index contributed by atoms with van der Waals surface area (Å²) in [6.07, 6.45) is 8.81. The maximum atomic E-state index is 2.43. The van der Waals surface area contributed by atoms with E-state index in [0.29, 0.717) is 0 Å². The molecule has 1 aliphatic rings. The van der Waals surface area contributed by atoms with Crippen LogP contribution >= 0.6 is 0 Å². The molecule has 0 amide bonds. The molecule has 14 heavy (non-hydrogen) atoms. The molecular weight excluding hydrogens is 168 g/mol. The van der Waals surface area contributed by atoms with Crippen LogP contribution in [0.4, 0.5) is 0 Å². The highest BCUT2D eigenvalue weighted by atomic mass is 14.4. The lowest BCUT2D eigenvalue weighted by atomic mass is 9.97. The second kappa shape index (κ2) is 5.78. The Bertz CT molecular complexity index is 148. The third kappa shape index (κ3) is 4.48. The van der Waals surface area contributed by atoms with Crippen molar-refractivity contribution in [2.75, 3.05) is 0 Å². The van der Waals surface area contributed by atoms with Gasteiger partial charge in [-0.15, -0.1) is 0 Å². The topological polar surface area (TPSA) is 0 Å². The van der Waals surface area contributed by atoms with E-state index < -0.39 is 0 Å². The summed E-state index contributed by atoms with van der Waals surface area (Å²) < 4.78 is 0. The van der Waals surface area contributed by atoms with Crippen LogP contribution in [0, 0.1) is 23.7 Å². The highest BCUT2D eigenvalue weighted by Gasteiger charge is 2.36. The molecular formula is C14H28. The van der Waals surface area contributed by atoms with Crippen LogP contribution in [0.25, 0.3) is 0 Å². The van der Waals surface area contributed by atoms with Crippen LogP contribution in [0.15, 0.2) is 0 Å². The molecule has 0 aromatic rings. The van der Waals surface area contributed by atoms with Gasteiger partial charge in [-0.05, 0) is 42.9 Å². The molecule has 1 fully saturated rings. The smallest absolute Gasteiger partial charge is 0.0380 e. The number of rotatable bonds is 7. The molecule has 0 heterocycles. The van der Waals surface area contributed by atoms with Crippen LogP contribution in [0.5, 0.6) is 0 Å². The van der Waals surface area contributed by atoms with E-state index >= 15 is 0 Å². The van der Waals surface area contributed by atoms with Gasteiger partial charge < -0.3 is 0 Å². The average molecular weight is 196 g/mol. The van der Waals surface area contributed by atoms with E-state index in [1.165, 1.54) is 32.1 Å². The van der Waals surface area contributed by atoms with Crippen LogP contribution in [0.1, 0.15) is 66.2 Å². The van der Waals surface area contributed by atoms with Gasteiger partial charge in [0, 0.05) is 0 Å². The van der Waals surface area contributed by atoms with Gasteiger partial charge in [0.1, 0.15) is 0 Å². The summed E-state index contributed by atoms with van der Waals surface area (Å²) in [5, 5.41) is 0. The standard InChI is InChI=1S/C14H28/c1-5-6-12(4)9-14-10-13(14)8-7-11(2)3/h11-14H,5-10H2,1-4H3. The minimum Gasteiger partial charge on any atom is -0.0654 e. The zero-order valence-electron chi connectivity index (χ0n) is 10.6. The third-order valence-corrected chi connectivity index (χ3v) is 3.67. The molecule has 0 radical (unpaired) electrons. The molecule has 0 saturated heterocycles. The Labute approximate surface area is 90.5 Å². The highest BCUT2D eigenvalue weighted by Crippen LogP contribution is 2.47. The molecule has 0 bridgehead atoms. The van der Waals surface area contributed by atoms with Gasteiger partial charge in [0.05, 0.1) is 0 Å². The van der Waals surface area contributed by atoms with Gasteiger partial charge in [-0.1, -0.05) is 47.0 Å². The predicted molar refractivity (Wildman–Crippen MR) is 64.4 cm³/mol. The Kier molecular flexibility index (Phi) is 4.98. The number of hydrogen-bond donors (Lipinski definition) is 0. The van der Waals surface area contributed by atoms with Gasteiger partial charge in [-0.3, -0.25) is 0 Å². The van der Waals surface area contributed by atoms with Crippen LogP contribution in [0.3, 0.4) is 0 Å². The normalized spacial score (nSPS) is 28.1. The maximum Gasteiger partial charge on any atom is -0.0380 e. The first kappa shape index (κ1) is 12.1. The summed E-state index contributed by atoms with van der Waals surface area (Å²) in [7, 11) is 0. The minimum absolute atomic E-state index is 0.907. The zero-order valence-corrected chi connectivity index (χ0v) is 10.6. The Balaban J connectivity index is 2.02. The van der Waals surface area contributed by atoms with E-state index in [2.05, 4.69) is 27.7 Å². The molecule has 0 aliphatic heterocycles. The molecule has 1 saturated carbocycles. The van der Waals surface area contributed by atoms with Gasteiger partial charge in [-0.25, -0.2) is 0 Å². The van der Waals surface area contributed by atoms with Crippen molar-refractivity contribution in [3.63, 3.8) is 0 Å². The van der Waals surface area contributed by atoms with E-state index in [0.717, 1.165) is 23.7 Å². The first-order valence-electron chi connectivity index (χ1n) is 6.63. The molecule has 0 nitrogen and oxygen atoms in total. The minimum atomic E-state index is 0.907. The molecule has 0 aromatic carbocycles. The zero-order chi connectivity index (χ0) is 10.6. The third-order valence-electron chi connectivity index (χ3n) is 3.67. The van der Waals surface area contributed by atoms with Crippen molar-refractivity contribution in [2.24, 2.45) is 23.7 Å². The Morgan fingerprint density at radius 1 is 1.07 bits per heavy atom. The lowest BCUT2D eigenvalue weighted by molar-refractivity contribution is 0.427. The molecule has 1 rings (SSSR count). The quantitative estimate of drug-likeness (QED) is 0.544. The molecule has 0 aromatic heterocycles. The fraction of sp³-hybridized carbons (Fsp3) is 1.00. The van der Waals surface area contributed by atoms with Gasteiger partial charge in [0.25, 0.3) is 0 Å². The molecule has 3 atom stereocenters. The summed E-state index contributed by atoms with van der Waals surface area (Å²) >= 11 is 0. The lowest BCUT2D eigenvalue weighted by Crippen LogP contribution is -1.97. The molecule has 84 valence electrons. The van der Waals surface area contributed by atoms with Crippen LogP contribution < -0.4 is 0 Å². The van der Waals surface area contributed by atoms with Crippen LogP contribution in [-0.2, 0) is 0 Å². The summed E-state index contributed by atoms with van der Waals surface area (Å²) in [6.45, 7) is 9.43. The average Bonchev–Trinajstić information content (AvgIpc) is 2.80. The summed E-state index contributed by atoms with van der Waals surface area (Å²) in [5.41, 5.74) is 0. The molecule has 0 N–H and O–H groups in total. The van der Waals surface area contributed by atoms with E-state index in [1.807, 2.05) is 0 Å². The van der Waals surface area contributed by atoms with E-state index in [4.69, 9.17) is 0 Å². The van der Waals surface area contributed by atoms with Crippen molar-refractivity contribution in [3.05, 3.63) is 0 Å². The highest BCUT2D eigenvalue weighted by molar-refractivity contribution is 4.87. The molecule has 0 spiro atoms. The predicted octanol–water partition coefficient (Wildman–Crippen LogP) is 4.89. The lowest BCUT2D eigenvalue weighted by Gasteiger charge is -2.09. The SMILES string of the molecule is CCCC(C)CC1CC1CCC(C)C. The Morgan fingerprint density at radius 3 is 2.36 bits per heavy atom. The van der Waals surface area contributed by atoms with Gasteiger partial charge in [-0.2, -0.15) is 0 Å². The summed E-state index contributed by atoms with van der Waals surface area (Å²) in [4.78, 5) is 0. The summed E-state index contributed by atoms with van der Waals surface area (Å²) in [5.74, 6) is 4.10. The Morgan fingerprint density at radius 2 is 1.79 bits per heavy atom. The van der Waals surface area contributed by atoms with Gasteiger partial charge in [0.2, 0.25) is 0 Å². The first-order valence-corrected chi connectivity index (χ1v) is 6.63. The van der Waals surface area contributed by atoms with Crippen molar-refractivity contribution >= 4 is 0 Å². The van der Waals surface area contributed by atoms with Crippen molar-refractivity contribution in [1.82, 2.24) is 0 Å². The van der Waals surface area contributed by atoms with Crippen LogP contribution in [-0.4, -0.2) is 0 Å². The first-order chi connectivity index (χ1) is 6.63. The number of hydrogen-bond acceptors (Lipinski definition) is 0. The fourth-order valence-electron chi connectivity index (χ4n) is 2.63.